The van der Waals surface area contributed by atoms with Crippen molar-refractivity contribution in [3.05, 3.63) is 42.5 Å². The number of anilines is 1. The lowest BCUT2D eigenvalue weighted by Crippen LogP contribution is -2.36. The Morgan fingerprint density at radius 1 is 1.00 bits per heavy atom. The van der Waals surface area contributed by atoms with E-state index in [2.05, 4.69) is 25.5 Å². The molecule has 2 N–H and O–H groups in total. The summed E-state index contributed by atoms with van der Waals surface area (Å²) in [5.41, 5.74) is 8.34. The predicted octanol–water partition coefficient (Wildman–Crippen LogP) is 6.67. The Labute approximate surface area is 170 Å². The normalized spacial score (nSPS) is 22.5. The quantitative estimate of drug-likeness (QED) is 0.563. The van der Waals surface area contributed by atoms with Crippen molar-refractivity contribution < 1.29 is 22.6 Å². The van der Waals surface area contributed by atoms with Crippen LogP contribution in [0, 0.1) is 17.8 Å². The molecule has 2 aromatic carbocycles. The fourth-order valence-electron chi connectivity index (χ4n) is 4.10. The lowest BCUT2D eigenvalue weighted by molar-refractivity contribution is -0.274. The van der Waals surface area contributed by atoms with Crippen molar-refractivity contribution in [3.8, 4) is 22.6 Å². The number of ether oxygens (including phenoxy) is 2. The number of hydrogen-bond acceptors (Lipinski definition) is 3. The van der Waals surface area contributed by atoms with Gasteiger partial charge in [-0.1, -0.05) is 45.4 Å². The first-order valence-electron chi connectivity index (χ1n) is 10.0. The van der Waals surface area contributed by atoms with Crippen LogP contribution in [0.15, 0.2) is 42.5 Å². The topological polar surface area (TPSA) is 44.5 Å². The summed E-state index contributed by atoms with van der Waals surface area (Å²) in [6.45, 7) is 6.72. The highest BCUT2D eigenvalue weighted by Gasteiger charge is 2.33. The van der Waals surface area contributed by atoms with Gasteiger partial charge < -0.3 is 15.2 Å². The summed E-state index contributed by atoms with van der Waals surface area (Å²) in [6, 6.07) is 11.3. The molecule has 1 saturated carbocycles. The first-order valence-corrected chi connectivity index (χ1v) is 10.0. The lowest BCUT2D eigenvalue weighted by atomic mass is 9.75. The SMILES string of the molecule is CC1CC[C@@H](C(C)C)[C@H](Oc2ccc(-c3ccc(OC(F)(F)F)cc3)cc2N)C1. The zero-order chi connectivity index (χ0) is 21.2. The third kappa shape index (κ3) is 5.58. The molecule has 6 heteroatoms. The second-order valence-electron chi connectivity index (χ2n) is 8.31. The van der Waals surface area contributed by atoms with E-state index in [1.807, 2.05) is 12.1 Å². The van der Waals surface area contributed by atoms with Crippen LogP contribution in [0.5, 0.6) is 11.5 Å². The standard InChI is InChI=1S/C23H28F3NO2/c1-14(2)19-10-4-15(3)12-22(19)28-21-11-7-17(13-20(21)27)16-5-8-18(9-6-16)29-23(24,25)26/h5-9,11,13-15,19,22H,4,10,12,27H2,1-3H3/t15?,19-,22+/m0/s1. The van der Waals surface area contributed by atoms with Crippen molar-refractivity contribution in [2.24, 2.45) is 17.8 Å². The van der Waals surface area contributed by atoms with Crippen molar-refractivity contribution >= 4 is 5.69 Å². The number of nitrogen functional groups attached to an aromatic ring is 1. The van der Waals surface area contributed by atoms with Crippen LogP contribution < -0.4 is 15.2 Å². The molecule has 1 fully saturated rings. The van der Waals surface area contributed by atoms with E-state index >= 15 is 0 Å². The fraction of sp³-hybridized carbons (Fsp3) is 0.478. The van der Waals surface area contributed by atoms with Crippen LogP contribution >= 0.6 is 0 Å². The summed E-state index contributed by atoms with van der Waals surface area (Å²) in [7, 11) is 0. The summed E-state index contributed by atoms with van der Waals surface area (Å²) >= 11 is 0. The summed E-state index contributed by atoms with van der Waals surface area (Å²) in [5, 5.41) is 0. The maximum absolute atomic E-state index is 12.3. The molecule has 0 radical (unpaired) electrons. The number of hydrogen-bond donors (Lipinski definition) is 1. The van der Waals surface area contributed by atoms with E-state index in [0.29, 0.717) is 29.2 Å². The predicted molar refractivity (Wildman–Crippen MR) is 109 cm³/mol. The highest BCUT2D eigenvalue weighted by atomic mass is 19.4. The van der Waals surface area contributed by atoms with Crippen LogP contribution in [0.4, 0.5) is 18.9 Å². The largest absolute Gasteiger partial charge is 0.573 e. The van der Waals surface area contributed by atoms with Crippen molar-refractivity contribution in [1.29, 1.82) is 0 Å². The maximum atomic E-state index is 12.3. The summed E-state index contributed by atoms with van der Waals surface area (Å²) in [4.78, 5) is 0. The van der Waals surface area contributed by atoms with Gasteiger partial charge in [-0.25, -0.2) is 0 Å². The van der Waals surface area contributed by atoms with Crippen LogP contribution in [-0.2, 0) is 0 Å². The van der Waals surface area contributed by atoms with Gasteiger partial charge in [-0.2, -0.15) is 0 Å². The minimum atomic E-state index is -4.70. The van der Waals surface area contributed by atoms with E-state index in [0.717, 1.165) is 24.0 Å². The smallest absolute Gasteiger partial charge is 0.488 e. The van der Waals surface area contributed by atoms with Crippen LogP contribution in [-0.4, -0.2) is 12.5 Å². The molecule has 1 aliphatic rings. The molecule has 158 valence electrons. The molecular weight excluding hydrogens is 379 g/mol. The number of alkyl halides is 3. The molecule has 3 nitrogen and oxygen atoms in total. The van der Waals surface area contributed by atoms with Crippen LogP contribution in [0.25, 0.3) is 11.1 Å². The molecule has 0 amide bonds. The first kappa shape index (κ1) is 21.3. The maximum Gasteiger partial charge on any atom is 0.573 e. The van der Waals surface area contributed by atoms with E-state index in [9.17, 15) is 13.2 Å². The molecule has 29 heavy (non-hydrogen) atoms. The number of rotatable bonds is 5. The molecule has 0 saturated heterocycles. The van der Waals surface area contributed by atoms with E-state index in [4.69, 9.17) is 10.5 Å². The zero-order valence-corrected chi connectivity index (χ0v) is 17.0. The van der Waals surface area contributed by atoms with Crippen LogP contribution in [0.3, 0.4) is 0 Å². The van der Waals surface area contributed by atoms with Gasteiger partial charge in [-0.05, 0) is 66.0 Å². The van der Waals surface area contributed by atoms with Gasteiger partial charge in [-0.3, -0.25) is 0 Å². The van der Waals surface area contributed by atoms with Crippen molar-refractivity contribution in [3.63, 3.8) is 0 Å². The number of benzene rings is 2. The van der Waals surface area contributed by atoms with Crippen molar-refractivity contribution in [1.82, 2.24) is 0 Å². The molecule has 2 aromatic rings. The highest BCUT2D eigenvalue weighted by molar-refractivity contribution is 5.71. The molecular formula is C23H28F3NO2. The second-order valence-corrected chi connectivity index (χ2v) is 8.31. The van der Waals surface area contributed by atoms with Crippen LogP contribution in [0.2, 0.25) is 0 Å². The van der Waals surface area contributed by atoms with Gasteiger partial charge in [0.05, 0.1) is 5.69 Å². The van der Waals surface area contributed by atoms with Gasteiger partial charge in [0.25, 0.3) is 0 Å². The molecule has 3 atom stereocenters. The van der Waals surface area contributed by atoms with E-state index in [1.54, 1.807) is 18.2 Å². The van der Waals surface area contributed by atoms with Gasteiger partial charge in [0.2, 0.25) is 0 Å². The van der Waals surface area contributed by atoms with E-state index in [1.165, 1.54) is 18.6 Å². The van der Waals surface area contributed by atoms with E-state index < -0.39 is 6.36 Å². The molecule has 0 aliphatic heterocycles. The third-order valence-corrected chi connectivity index (χ3v) is 5.67. The Bertz CT molecular complexity index is 818. The van der Waals surface area contributed by atoms with Gasteiger partial charge in [0.1, 0.15) is 17.6 Å². The van der Waals surface area contributed by atoms with Gasteiger partial charge in [0.15, 0.2) is 0 Å². The monoisotopic (exact) mass is 407 g/mol. The number of halogens is 3. The van der Waals surface area contributed by atoms with Crippen LogP contribution in [0.1, 0.15) is 40.0 Å². The molecule has 0 aromatic heterocycles. The highest BCUT2D eigenvalue weighted by Crippen LogP contribution is 2.38. The summed E-state index contributed by atoms with van der Waals surface area (Å²) < 4.78 is 47.1. The molecule has 1 unspecified atom stereocenters. The first-order chi connectivity index (χ1) is 13.6. The zero-order valence-electron chi connectivity index (χ0n) is 17.0. The molecule has 3 rings (SSSR count). The summed E-state index contributed by atoms with van der Waals surface area (Å²) in [5.74, 6) is 2.10. The average Bonchev–Trinajstić information content (AvgIpc) is 2.62. The minimum absolute atomic E-state index is 0.144. The Morgan fingerprint density at radius 3 is 2.24 bits per heavy atom. The van der Waals surface area contributed by atoms with Gasteiger partial charge >= 0.3 is 6.36 Å². The second kappa shape index (κ2) is 8.56. The Kier molecular flexibility index (Phi) is 6.30. The lowest BCUT2D eigenvalue weighted by Gasteiger charge is -2.37. The van der Waals surface area contributed by atoms with E-state index in [-0.39, 0.29) is 11.9 Å². The third-order valence-electron chi connectivity index (χ3n) is 5.67. The molecule has 0 bridgehead atoms. The minimum Gasteiger partial charge on any atom is -0.488 e. The Balaban J connectivity index is 1.74. The van der Waals surface area contributed by atoms with Crippen molar-refractivity contribution in [2.45, 2.75) is 52.5 Å². The number of nitrogens with two attached hydrogens (primary N) is 1. The van der Waals surface area contributed by atoms with Gasteiger partial charge in [0, 0.05) is 0 Å². The summed E-state index contributed by atoms with van der Waals surface area (Å²) in [6.07, 6.45) is -1.15. The average molecular weight is 407 g/mol. The molecule has 0 heterocycles. The molecule has 0 spiro atoms. The Hall–Kier alpha value is -2.37. The fourth-order valence-corrected chi connectivity index (χ4v) is 4.10. The Morgan fingerprint density at radius 2 is 1.66 bits per heavy atom. The van der Waals surface area contributed by atoms with Crippen molar-refractivity contribution in [2.75, 3.05) is 5.73 Å². The molecule has 1 aliphatic carbocycles. The van der Waals surface area contributed by atoms with Gasteiger partial charge in [-0.15, -0.1) is 13.2 Å².